The molecular weight excluding hydrogens is 262 g/mol. The minimum Gasteiger partial charge on any atom is -0.496 e. The molecule has 1 atom stereocenters. The third kappa shape index (κ3) is 2.41. The fourth-order valence-corrected chi connectivity index (χ4v) is 2.63. The van der Waals surface area contributed by atoms with E-state index in [9.17, 15) is 0 Å². The fraction of sp³-hybridized carbons (Fsp3) is 0.222. The van der Waals surface area contributed by atoms with E-state index < -0.39 is 0 Å². The summed E-state index contributed by atoms with van der Waals surface area (Å²) in [5.41, 5.74) is 10.5. The van der Waals surface area contributed by atoms with Crippen LogP contribution in [-0.2, 0) is 0 Å². The minimum absolute atomic E-state index is 0.341. The lowest BCUT2D eigenvalue weighted by atomic mass is 10.0. The van der Waals surface area contributed by atoms with E-state index in [2.05, 4.69) is 0 Å². The zero-order valence-corrected chi connectivity index (χ0v) is 12.5. The maximum Gasteiger partial charge on any atom is 0.137 e. The number of hydrogen-bond donors (Lipinski definition) is 1. The topological polar surface area (TPSA) is 48.4 Å². The molecule has 0 aliphatic rings. The van der Waals surface area contributed by atoms with Gasteiger partial charge in [-0.3, -0.25) is 0 Å². The molecule has 3 nitrogen and oxygen atoms in total. The smallest absolute Gasteiger partial charge is 0.137 e. The summed E-state index contributed by atoms with van der Waals surface area (Å²) in [5.74, 6) is 1.54. The molecule has 0 saturated carbocycles. The van der Waals surface area contributed by atoms with E-state index in [1.807, 2.05) is 56.3 Å². The van der Waals surface area contributed by atoms with Crippen molar-refractivity contribution >= 4 is 11.0 Å². The molecule has 0 radical (unpaired) electrons. The Morgan fingerprint density at radius 1 is 1.10 bits per heavy atom. The molecule has 21 heavy (non-hydrogen) atoms. The molecule has 0 aliphatic carbocycles. The van der Waals surface area contributed by atoms with Gasteiger partial charge in [0.25, 0.3) is 0 Å². The number of rotatable bonds is 3. The van der Waals surface area contributed by atoms with E-state index >= 15 is 0 Å². The molecule has 0 saturated heterocycles. The molecule has 0 spiro atoms. The fourth-order valence-electron chi connectivity index (χ4n) is 2.63. The molecule has 3 heteroatoms. The predicted molar refractivity (Wildman–Crippen MR) is 84.7 cm³/mol. The largest absolute Gasteiger partial charge is 0.496 e. The van der Waals surface area contributed by atoms with Gasteiger partial charge in [-0.25, -0.2) is 0 Å². The van der Waals surface area contributed by atoms with Gasteiger partial charge in [-0.2, -0.15) is 0 Å². The number of fused-ring (bicyclic) bond motifs is 1. The number of nitrogens with two attached hydrogens (primary N) is 1. The van der Waals surface area contributed by atoms with Crippen LogP contribution in [0.15, 0.2) is 46.9 Å². The highest BCUT2D eigenvalue weighted by atomic mass is 16.5. The predicted octanol–water partition coefficient (Wildman–Crippen LogP) is 4.11. The maximum atomic E-state index is 6.40. The molecule has 1 aromatic heterocycles. The number of benzene rings is 2. The van der Waals surface area contributed by atoms with Gasteiger partial charge in [0.05, 0.1) is 13.2 Å². The summed E-state index contributed by atoms with van der Waals surface area (Å²) < 4.78 is 11.4. The first-order chi connectivity index (χ1) is 10.1. The van der Waals surface area contributed by atoms with Gasteiger partial charge in [0.2, 0.25) is 0 Å². The molecule has 0 aliphatic heterocycles. The number of methoxy groups -OCH3 is 1. The van der Waals surface area contributed by atoms with Crippen molar-refractivity contribution in [3.05, 3.63) is 64.9 Å². The first kappa shape index (κ1) is 13.7. The van der Waals surface area contributed by atoms with Crippen molar-refractivity contribution in [2.75, 3.05) is 7.11 Å². The third-order valence-corrected chi connectivity index (χ3v) is 3.79. The Hall–Kier alpha value is -2.26. The number of para-hydroxylation sites is 1. The molecule has 108 valence electrons. The summed E-state index contributed by atoms with van der Waals surface area (Å²) in [6, 6.07) is 13.8. The Morgan fingerprint density at radius 2 is 1.90 bits per heavy atom. The number of aryl methyl sites for hydroxylation is 2. The van der Waals surface area contributed by atoms with Gasteiger partial charge < -0.3 is 14.9 Å². The summed E-state index contributed by atoms with van der Waals surface area (Å²) in [4.78, 5) is 0. The van der Waals surface area contributed by atoms with Crippen LogP contribution in [0.25, 0.3) is 11.0 Å². The van der Waals surface area contributed by atoms with Crippen LogP contribution in [0.5, 0.6) is 5.75 Å². The van der Waals surface area contributed by atoms with Gasteiger partial charge in [0.15, 0.2) is 0 Å². The second-order valence-corrected chi connectivity index (χ2v) is 5.37. The molecule has 3 rings (SSSR count). The van der Waals surface area contributed by atoms with Crippen LogP contribution in [0.1, 0.15) is 28.5 Å². The first-order valence-corrected chi connectivity index (χ1v) is 6.99. The highest BCUT2D eigenvalue weighted by molar-refractivity contribution is 5.81. The standard InChI is InChI=1S/C18H19NO2/c1-11-7-8-15(20-3)14(9-11)17(19)16-10-13-6-4-5-12(2)18(13)21-16/h4-10,17H,19H2,1-3H3. The van der Waals surface area contributed by atoms with E-state index in [0.717, 1.165) is 39.2 Å². The number of ether oxygens (including phenoxy) is 1. The zero-order chi connectivity index (χ0) is 15.0. The molecule has 3 aromatic rings. The van der Waals surface area contributed by atoms with Crippen molar-refractivity contribution in [3.63, 3.8) is 0 Å². The van der Waals surface area contributed by atoms with E-state index in [-0.39, 0.29) is 6.04 Å². The lowest BCUT2D eigenvalue weighted by Crippen LogP contribution is -2.12. The zero-order valence-electron chi connectivity index (χ0n) is 12.5. The van der Waals surface area contributed by atoms with Gasteiger partial charge in [0, 0.05) is 10.9 Å². The van der Waals surface area contributed by atoms with Crippen LogP contribution in [0.2, 0.25) is 0 Å². The van der Waals surface area contributed by atoms with Crippen LogP contribution < -0.4 is 10.5 Å². The van der Waals surface area contributed by atoms with E-state index in [1.54, 1.807) is 7.11 Å². The lowest BCUT2D eigenvalue weighted by molar-refractivity contribution is 0.404. The van der Waals surface area contributed by atoms with Crippen LogP contribution in [0.4, 0.5) is 0 Å². The second-order valence-electron chi connectivity index (χ2n) is 5.37. The minimum atomic E-state index is -0.341. The Bertz CT molecular complexity index is 789. The summed E-state index contributed by atoms with van der Waals surface area (Å²) in [5, 5.41) is 1.08. The molecule has 0 bridgehead atoms. The average Bonchev–Trinajstić information content (AvgIpc) is 2.92. The van der Waals surface area contributed by atoms with Gasteiger partial charge in [0.1, 0.15) is 17.1 Å². The summed E-state index contributed by atoms with van der Waals surface area (Å²) in [6.07, 6.45) is 0. The van der Waals surface area contributed by atoms with E-state index in [0.29, 0.717) is 0 Å². The van der Waals surface area contributed by atoms with Crippen molar-refractivity contribution in [1.29, 1.82) is 0 Å². The third-order valence-electron chi connectivity index (χ3n) is 3.79. The lowest BCUT2D eigenvalue weighted by Gasteiger charge is -2.14. The van der Waals surface area contributed by atoms with Crippen molar-refractivity contribution in [3.8, 4) is 5.75 Å². The van der Waals surface area contributed by atoms with Crippen molar-refractivity contribution in [1.82, 2.24) is 0 Å². The monoisotopic (exact) mass is 281 g/mol. The Morgan fingerprint density at radius 3 is 2.62 bits per heavy atom. The first-order valence-electron chi connectivity index (χ1n) is 6.99. The quantitative estimate of drug-likeness (QED) is 0.786. The molecule has 1 heterocycles. The SMILES string of the molecule is COc1ccc(C)cc1C(N)c1cc2cccc(C)c2o1. The van der Waals surface area contributed by atoms with Crippen molar-refractivity contribution in [2.45, 2.75) is 19.9 Å². The summed E-state index contributed by atoms with van der Waals surface area (Å²) in [6.45, 7) is 4.08. The molecule has 2 aromatic carbocycles. The maximum absolute atomic E-state index is 6.40. The van der Waals surface area contributed by atoms with Crippen molar-refractivity contribution < 1.29 is 9.15 Å². The molecule has 2 N–H and O–H groups in total. The molecule has 0 amide bonds. The van der Waals surface area contributed by atoms with E-state index in [4.69, 9.17) is 14.9 Å². The van der Waals surface area contributed by atoms with Gasteiger partial charge in [-0.05, 0) is 31.5 Å². The second kappa shape index (κ2) is 5.26. The number of hydrogen-bond acceptors (Lipinski definition) is 3. The van der Waals surface area contributed by atoms with Gasteiger partial charge in [-0.1, -0.05) is 35.9 Å². The summed E-state index contributed by atoms with van der Waals surface area (Å²) >= 11 is 0. The van der Waals surface area contributed by atoms with Crippen molar-refractivity contribution in [2.24, 2.45) is 5.73 Å². The molecule has 1 unspecified atom stereocenters. The van der Waals surface area contributed by atoms with Crippen LogP contribution in [0, 0.1) is 13.8 Å². The van der Waals surface area contributed by atoms with Crippen LogP contribution in [0.3, 0.4) is 0 Å². The molecular formula is C18H19NO2. The highest BCUT2D eigenvalue weighted by Gasteiger charge is 2.18. The van der Waals surface area contributed by atoms with Crippen LogP contribution in [-0.4, -0.2) is 7.11 Å². The molecule has 0 fully saturated rings. The Balaban J connectivity index is 2.10. The van der Waals surface area contributed by atoms with Gasteiger partial charge >= 0.3 is 0 Å². The van der Waals surface area contributed by atoms with Crippen LogP contribution >= 0.6 is 0 Å². The van der Waals surface area contributed by atoms with Gasteiger partial charge in [-0.15, -0.1) is 0 Å². The summed E-state index contributed by atoms with van der Waals surface area (Å²) in [7, 11) is 1.66. The highest BCUT2D eigenvalue weighted by Crippen LogP contribution is 2.33. The normalized spacial score (nSPS) is 12.6. The Kier molecular flexibility index (Phi) is 3.43. The average molecular weight is 281 g/mol. The Labute approximate surface area is 124 Å². The van der Waals surface area contributed by atoms with E-state index in [1.165, 1.54) is 0 Å². The number of furan rings is 1.